The maximum atomic E-state index is 12.4. The number of para-hydroxylation sites is 1. The zero-order chi connectivity index (χ0) is 22.6. The maximum Gasteiger partial charge on any atom is 0.253 e. The van der Waals surface area contributed by atoms with Gasteiger partial charge in [-0.3, -0.25) is 9.69 Å². The summed E-state index contributed by atoms with van der Waals surface area (Å²) in [4.78, 5) is 19.7. The van der Waals surface area contributed by atoms with Gasteiger partial charge in [-0.2, -0.15) is 0 Å². The minimum Gasteiger partial charge on any atom is -0.492 e. The summed E-state index contributed by atoms with van der Waals surface area (Å²) in [7, 11) is 1.63. The molecule has 1 aliphatic rings. The average molecular weight is 463 g/mol. The fourth-order valence-electron chi connectivity index (χ4n) is 4.07. The number of hydrogen-bond donors (Lipinski definition) is 2. The number of benzene rings is 2. The van der Waals surface area contributed by atoms with Crippen LogP contribution in [0.1, 0.15) is 10.4 Å². The summed E-state index contributed by atoms with van der Waals surface area (Å²) in [5, 5.41) is 10.3. The third-order valence-electron chi connectivity index (χ3n) is 5.78. The highest BCUT2D eigenvalue weighted by Crippen LogP contribution is 2.36. The van der Waals surface area contributed by atoms with E-state index in [1.54, 1.807) is 24.5 Å². The number of thiophene rings is 1. The van der Waals surface area contributed by atoms with Gasteiger partial charge in [0.2, 0.25) is 0 Å². The molecule has 0 saturated carbocycles. The highest BCUT2D eigenvalue weighted by Gasteiger charge is 2.16. The Morgan fingerprint density at radius 1 is 1.15 bits per heavy atom. The van der Waals surface area contributed by atoms with E-state index >= 15 is 0 Å². The van der Waals surface area contributed by atoms with Crippen LogP contribution in [0.15, 0.2) is 53.9 Å². The van der Waals surface area contributed by atoms with Crippen molar-refractivity contribution < 1.29 is 14.3 Å². The van der Waals surface area contributed by atoms with Crippen LogP contribution >= 0.6 is 11.3 Å². The molecule has 0 unspecified atom stereocenters. The molecule has 1 saturated heterocycles. The van der Waals surface area contributed by atoms with Crippen LogP contribution in [0.25, 0.3) is 21.0 Å². The quantitative estimate of drug-likeness (QED) is 0.427. The number of pyridine rings is 1. The van der Waals surface area contributed by atoms with Crippen LogP contribution in [0.3, 0.4) is 0 Å². The number of morpholine rings is 1. The smallest absolute Gasteiger partial charge is 0.253 e. The molecule has 2 N–H and O–H groups in total. The van der Waals surface area contributed by atoms with Crippen molar-refractivity contribution in [1.29, 1.82) is 0 Å². The number of anilines is 2. The molecule has 1 aliphatic heterocycles. The molecule has 7 nitrogen and oxygen atoms in total. The first kappa shape index (κ1) is 21.6. The van der Waals surface area contributed by atoms with E-state index in [9.17, 15) is 4.79 Å². The van der Waals surface area contributed by atoms with E-state index in [1.807, 2.05) is 36.4 Å². The lowest BCUT2D eigenvalue weighted by Gasteiger charge is -2.26. The van der Waals surface area contributed by atoms with E-state index in [1.165, 1.54) is 0 Å². The van der Waals surface area contributed by atoms with Crippen molar-refractivity contribution in [2.24, 2.45) is 0 Å². The molecule has 1 fully saturated rings. The highest BCUT2D eigenvalue weighted by molar-refractivity contribution is 7.18. The number of hydrogen-bond acceptors (Lipinski definition) is 7. The Balaban J connectivity index is 1.40. The van der Waals surface area contributed by atoms with Crippen molar-refractivity contribution in [3.8, 4) is 5.75 Å². The first-order valence-electron chi connectivity index (χ1n) is 11.0. The molecule has 0 radical (unpaired) electrons. The van der Waals surface area contributed by atoms with E-state index < -0.39 is 0 Å². The van der Waals surface area contributed by atoms with Gasteiger partial charge in [0.15, 0.2) is 0 Å². The number of ether oxygens (including phenoxy) is 2. The second-order valence-electron chi connectivity index (χ2n) is 7.86. The third-order valence-corrected chi connectivity index (χ3v) is 6.70. The van der Waals surface area contributed by atoms with Crippen molar-refractivity contribution in [3.05, 3.63) is 59.5 Å². The van der Waals surface area contributed by atoms with Crippen LogP contribution < -0.4 is 15.4 Å². The molecule has 33 heavy (non-hydrogen) atoms. The minimum absolute atomic E-state index is 0.149. The van der Waals surface area contributed by atoms with Crippen LogP contribution in [0.5, 0.6) is 5.75 Å². The SMILES string of the molecule is CNC(=O)c1cccc2c1nc(Nc1cccc(OCCN3CCOCC3)c1)c1sccc12. The van der Waals surface area contributed by atoms with Gasteiger partial charge in [0.05, 0.1) is 29.0 Å². The summed E-state index contributed by atoms with van der Waals surface area (Å²) in [6, 6.07) is 15.7. The molecule has 5 rings (SSSR count). The molecule has 0 aliphatic carbocycles. The first-order chi connectivity index (χ1) is 16.2. The number of aromatic nitrogens is 1. The maximum absolute atomic E-state index is 12.4. The van der Waals surface area contributed by atoms with Gasteiger partial charge < -0.3 is 20.1 Å². The van der Waals surface area contributed by atoms with Gasteiger partial charge in [-0.05, 0) is 29.6 Å². The Kier molecular flexibility index (Phi) is 6.39. The second kappa shape index (κ2) is 9.74. The van der Waals surface area contributed by atoms with E-state index in [0.29, 0.717) is 17.7 Å². The van der Waals surface area contributed by atoms with Gasteiger partial charge >= 0.3 is 0 Å². The van der Waals surface area contributed by atoms with Gasteiger partial charge in [-0.25, -0.2) is 4.98 Å². The van der Waals surface area contributed by atoms with E-state index in [-0.39, 0.29) is 5.91 Å². The predicted molar refractivity (Wildman–Crippen MR) is 133 cm³/mol. The molecular formula is C25H26N4O3S. The van der Waals surface area contributed by atoms with Crippen LogP contribution in [0, 0.1) is 0 Å². The largest absolute Gasteiger partial charge is 0.492 e. The normalized spacial score (nSPS) is 14.5. The lowest BCUT2D eigenvalue weighted by molar-refractivity contribution is 0.0322. The van der Waals surface area contributed by atoms with E-state index in [2.05, 4.69) is 27.0 Å². The fourth-order valence-corrected chi connectivity index (χ4v) is 4.92. The Hall–Kier alpha value is -3.20. The predicted octanol–water partition coefficient (Wildman–Crippen LogP) is 4.26. The summed E-state index contributed by atoms with van der Waals surface area (Å²) in [5.74, 6) is 1.39. The Labute approximate surface area is 196 Å². The number of fused-ring (bicyclic) bond motifs is 3. The fraction of sp³-hybridized carbons (Fsp3) is 0.280. The first-order valence-corrected chi connectivity index (χ1v) is 11.9. The van der Waals surface area contributed by atoms with Crippen molar-refractivity contribution in [2.45, 2.75) is 0 Å². The van der Waals surface area contributed by atoms with Gasteiger partial charge in [0.1, 0.15) is 18.2 Å². The third kappa shape index (κ3) is 4.64. The Morgan fingerprint density at radius 3 is 2.85 bits per heavy atom. The Bertz CT molecular complexity index is 1280. The molecule has 170 valence electrons. The second-order valence-corrected chi connectivity index (χ2v) is 8.78. The van der Waals surface area contributed by atoms with Crippen molar-refractivity contribution in [3.63, 3.8) is 0 Å². The molecule has 2 aromatic heterocycles. The topological polar surface area (TPSA) is 75.7 Å². The molecular weight excluding hydrogens is 436 g/mol. The lowest BCUT2D eigenvalue weighted by atomic mass is 10.1. The number of carbonyl (C=O) groups excluding carboxylic acids is 1. The lowest BCUT2D eigenvalue weighted by Crippen LogP contribution is -2.38. The molecule has 0 atom stereocenters. The monoisotopic (exact) mass is 462 g/mol. The highest BCUT2D eigenvalue weighted by atomic mass is 32.1. The summed E-state index contributed by atoms with van der Waals surface area (Å²) in [6.45, 7) is 4.99. The summed E-state index contributed by atoms with van der Waals surface area (Å²) < 4.78 is 12.4. The summed E-state index contributed by atoms with van der Waals surface area (Å²) in [6.07, 6.45) is 0. The van der Waals surface area contributed by atoms with Crippen LogP contribution in [0.2, 0.25) is 0 Å². The molecule has 0 spiro atoms. The molecule has 2 aromatic carbocycles. The summed E-state index contributed by atoms with van der Waals surface area (Å²) in [5.41, 5.74) is 2.13. The minimum atomic E-state index is -0.149. The Morgan fingerprint density at radius 2 is 2.00 bits per heavy atom. The van der Waals surface area contributed by atoms with Crippen molar-refractivity contribution >= 4 is 49.7 Å². The number of carbonyl (C=O) groups is 1. The van der Waals surface area contributed by atoms with Crippen LogP contribution in [-0.2, 0) is 4.74 Å². The number of amides is 1. The van der Waals surface area contributed by atoms with E-state index in [4.69, 9.17) is 14.5 Å². The number of nitrogens with one attached hydrogen (secondary N) is 2. The van der Waals surface area contributed by atoms with Crippen LogP contribution in [0.4, 0.5) is 11.5 Å². The van der Waals surface area contributed by atoms with Crippen molar-refractivity contribution in [2.75, 3.05) is 51.8 Å². The molecule has 8 heteroatoms. The zero-order valence-electron chi connectivity index (χ0n) is 18.5. The van der Waals surface area contributed by atoms with Gasteiger partial charge in [-0.1, -0.05) is 18.2 Å². The molecule has 1 amide bonds. The zero-order valence-corrected chi connectivity index (χ0v) is 19.3. The average Bonchev–Trinajstić information content (AvgIpc) is 3.35. The van der Waals surface area contributed by atoms with Crippen LogP contribution in [-0.4, -0.2) is 62.3 Å². The summed E-state index contributed by atoms with van der Waals surface area (Å²) >= 11 is 1.63. The number of nitrogens with zero attached hydrogens (tertiary/aromatic N) is 2. The molecule has 4 aromatic rings. The number of rotatable bonds is 7. The van der Waals surface area contributed by atoms with Gasteiger partial charge in [-0.15, -0.1) is 11.3 Å². The molecule has 0 bridgehead atoms. The van der Waals surface area contributed by atoms with Crippen molar-refractivity contribution in [1.82, 2.24) is 15.2 Å². The van der Waals surface area contributed by atoms with E-state index in [0.717, 1.165) is 65.6 Å². The standard InChI is InChI=1S/C25H26N4O3S/c1-26-25(30)21-7-3-6-19-20-8-15-33-23(20)24(28-22(19)21)27-17-4-2-5-18(16-17)32-14-11-29-9-12-31-13-10-29/h2-8,15-16H,9-14H2,1H3,(H,26,30)(H,27,28). The van der Waals surface area contributed by atoms with Gasteiger partial charge in [0, 0.05) is 49.2 Å². The molecule has 3 heterocycles. The van der Waals surface area contributed by atoms with Gasteiger partial charge in [0.25, 0.3) is 5.91 Å².